The van der Waals surface area contributed by atoms with Crippen LogP contribution in [0.1, 0.15) is 38.2 Å². The van der Waals surface area contributed by atoms with Crippen LogP contribution in [0.2, 0.25) is 0 Å². The van der Waals surface area contributed by atoms with E-state index in [1.54, 1.807) is 12.4 Å². The summed E-state index contributed by atoms with van der Waals surface area (Å²) < 4.78 is 5.75. The van der Waals surface area contributed by atoms with E-state index in [1.807, 2.05) is 17.9 Å². The van der Waals surface area contributed by atoms with E-state index in [0.717, 1.165) is 43.7 Å². The Morgan fingerprint density at radius 2 is 2.38 bits per heavy atom. The van der Waals surface area contributed by atoms with E-state index in [0.29, 0.717) is 6.54 Å². The molecule has 1 aromatic heterocycles. The van der Waals surface area contributed by atoms with Crippen LogP contribution in [-0.4, -0.2) is 41.7 Å². The van der Waals surface area contributed by atoms with Crippen molar-refractivity contribution in [2.75, 3.05) is 25.0 Å². The van der Waals surface area contributed by atoms with Crippen LogP contribution in [-0.2, 0) is 4.74 Å². The molecule has 0 spiro atoms. The summed E-state index contributed by atoms with van der Waals surface area (Å²) in [7, 11) is 0. The van der Waals surface area contributed by atoms with Crippen LogP contribution in [0.25, 0.3) is 0 Å². The molecule has 116 valence electrons. The molecule has 1 fully saturated rings. The van der Waals surface area contributed by atoms with Gasteiger partial charge in [0.1, 0.15) is 0 Å². The predicted molar refractivity (Wildman–Crippen MR) is 83.4 cm³/mol. The zero-order valence-corrected chi connectivity index (χ0v) is 13.0. The number of pyridine rings is 1. The molecule has 2 rings (SSSR count). The van der Waals surface area contributed by atoms with Gasteiger partial charge in [0.15, 0.2) is 0 Å². The standard InChI is InChI=1S/C16H25N3O2/c1-3-9-19(12-14-6-4-5-10-21-14)16(20)18-15-7-8-17-11-13(15)2/h7-8,11,14H,3-6,9-10,12H2,1-2H3,(H,17,18,20)/t14-/m1/s1. The summed E-state index contributed by atoms with van der Waals surface area (Å²) in [5, 5.41) is 2.98. The minimum atomic E-state index is -0.0553. The van der Waals surface area contributed by atoms with Crippen LogP contribution < -0.4 is 5.32 Å². The molecule has 0 aromatic carbocycles. The number of amides is 2. The Morgan fingerprint density at radius 1 is 1.52 bits per heavy atom. The van der Waals surface area contributed by atoms with Crippen molar-refractivity contribution in [2.24, 2.45) is 0 Å². The van der Waals surface area contributed by atoms with E-state index < -0.39 is 0 Å². The minimum Gasteiger partial charge on any atom is -0.376 e. The Kier molecular flexibility index (Phi) is 5.99. The molecule has 0 aliphatic carbocycles. The zero-order valence-electron chi connectivity index (χ0n) is 13.0. The first-order valence-corrected chi connectivity index (χ1v) is 7.79. The van der Waals surface area contributed by atoms with Crippen molar-refractivity contribution in [1.82, 2.24) is 9.88 Å². The molecule has 1 N–H and O–H groups in total. The Morgan fingerprint density at radius 3 is 3.05 bits per heavy atom. The highest BCUT2D eigenvalue weighted by atomic mass is 16.5. The molecule has 1 aromatic rings. The van der Waals surface area contributed by atoms with Crippen LogP contribution in [0.15, 0.2) is 18.5 Å². The third kappa shape index (κ3) is 4.70. The summed E-state index contributed by atoms with van der Waals surface area (Å²) in [6, 6.07) is 1.77. The number of aryl methyl sites for hydroxylation is 1. The Balaban J connectivity index is 1.96. The normalized spacial score (nSPS) is 18.3. The smallest absolute Gasteiger partial charge is 0.321 e. The first-order valence-electron chi connectivity index (χ1n) is 7.79. The molecule has 2 heterocycles. The first kappa shape index (κ1) is 15.8. The van der Waals surface area contributed by atoms with Crippen LogP contribution in [0.5, 0.6) is 0 Å². The highest BCUT2D eigenvalue weighted by Gasteiger charge is 2.21. The minimum absolute atomic E-state index is 0.0553. The Labute approximate surface area is 126 Å². The lowest BCUT2D eigenvalue weighted by Gasteiger charge is -2.30. The van der Waals surface area contributed by atoms with Gasteiger partial charge in [-0.15, -0.1) is 0 Å². The van der Waals surface area contributed by atoms with Gasteiger partial charge in [0.25, 0.3) is 0 Å². The van der Waals surface area contributed by atoms with E-state index in [9.17, 15) is 4.79 Å². The highest BCUT2D eigenvalue weighted by Crippen LogP contribution is 2.16. The van der Waals surface area contributed by atoms with Crippen LogP contribution in [0.4, 0.5) is 10.5 Å². The number of hydrogen-bond donors (Lipinski definition) is 1. The van der Waals surface area contributed by atoms with Gasteiger partial charge >= 0.3 is 6.03 Å². The van der Waals surface area contributed by atoms with E-state index in [1.165, 1.54) is 6.42 Å². The van der Waals surface area contributed by atoms with Crippen LogP contribution in [0.3, 0.4) is 0 Å². The summed E-state index contributed by atoms with van der Waals surface area (Å²) >= 11 is 0. The lowest BCUT2D eigenvalue weighted by Crippen LogP contribution is -2.42. The fourth-order valence-corrected chi connectivity index (χ4v) is 2.55. The lowest BCUT2D eigenvalue weighted by molar-refractivity contribution is 0.00161. The van der Waals surface area contributed by atoms with Gasteiger partial charge in [-0.2, -0.15) is 0 Å². The van der Waals surface area contributed by atoms with Gasteiger partial charge in [0.05, 0.1) is 6.10 Å². The van der Waals surface area contributed by atoms with Crippen molar-refractivity contribution in [3.05, 3.63) is 24.0 Å². The monoisotopic (exact) mass is 291 g/mol. The molecule has 1 aliphatic rings. The summed E-state index contributed by atoms with van der Waals surface area (Å²) in [6.45, 7) is 6.26. The average Bonchev–Trinajstić information content (AvgIpc) is 2.50. The second kappa shape index (κ2) is 7.98. The van der Waals surface area contributed by atoms with Gasteiger partial charge in [-0.1, -0.05) is 6.92 Å². The van der Waals surface area contributed by atoms with Crippen molar-refractivity contribution in [1.29, 1.82) is 0 Å². The number of anilines is 1. The van der Waals surface area contributed by atoms with Crippen LogP contribution in [0, 0.1) is 6.92 Å². The lowest BCUT2D eigenvalue weighted by atomic mass is 10.1. The van der Waals surface area contributed by atoms with Gasteiger partial charge in [-0.3, -0.25) is 4.98 Å². The number of ether oxygens (including phenoxy) is 1. The number of nitrogens with zero attached hydrogens (tertiary/aromatic N) is 2. The van der Waals surface area contributed by atoms with Crippen molar-refractivity contribution in [2.45, 2.75) is 45.6 Å². The van der Waals surface area contributed by atoms with Gasteiger partial charge in [-0.25, -0.2) is 4.79 Å². The quantitative estimate of drug-likeness (QED) is 0.906. The van der Waals surface area contributed by atoms with Crippen molar-refractivity contribution in [3.63, 3.8) is 0 Å². The maximum Gasteiger partial charge on any atom is 0.321 e. The van der Waals surface area contributed by atoms with Gasteiger partial charge < -0.3 is 15.0 Å². The third-order valence-electron chi connectivity index (χ3n) is 3.74. The Bertz CT molecular complexity index is 459. The molecule has 2 amide bonds. The first-order chi connectivity index (χ1) is 10.2. The fraction of sp³-hybridized carbons (Fsp3) is 0.625. The fourth-order valence-electron chi connectivity index (χ4n) is 2.55. The SMILES string of the molecule is CCCN(C[C@H]1CCCCO1)C(=O)Nc1ccncc1C. The maximum absolute atomic E-state index is 12.5. The second-order valence-electron chi connectivity index (χ2n) is 5.56. The van der Waals surface area contributed by atoms with Crippen molar-refractivity contribution >= 4 is 11.7 Å². The van der Waals surface area contributed by atoms with E-state index in [4.69, 9.17) is 4.74 Å². The molecule has 0 radical (unpaired) electrons. The molecule has 21 heavy (non-hydrogen) atoms. The van der Waals surface area contributed by atoms with E-state index in [2.05, 4.69) is 17.2 Å². The molecular weight excluding hydrogens is 266 g/mol. The summed E-state index contributed by atoms with van der Waals surface area (Å²) in [5.74, 6) is 0. The molecule has 1 saturated heterocycles. The largest absolute Gasteiger partial charge is 0.376 e. The molecule has 0 bridgehead atoms. The molecule has 0 saturated carbocycles. The third-order valence-corrected chi connectivity index (χ3v) is 3.74. The molecule has 1 aliphatic heterocycles. The van der Waals surface area contributed by atoms with Crippen LogP contribution >= 0.6 is 0 Å². The number of hydrogen-bond acceptors (Lipinski definition) is 3. The topological polar surface area (TPSA) is 54.5 Å². The number of nitrogens with one attached hydrogen (secondary N) is 1. The highest BCUT2D eigenvalue weighted by molar-refractivity contribution is 5.90. The molecule has 5 heteroatoms. The number of urea groups is 1. The zero-order chi connectivity index (χ0) is 15.1. The molecule has 5 nitrogen and oxygen atoms in total. The number of rotatable bonds is 5. The van der Waals surface area contributed by atoms with E-state index in [-0.39, 0.29) is 12.1 Å². The summed E-state index contributed by atoms with van der Waals surface area (Å²) in [6.07, 6.45) is 7.93. The predicted octanol–water partition coefficient (Wildman–Crippen LogP) is 3.20. The van der Waals surface area contributed by atoms with Gasteiger partial charge in [0.2, 0.25) is 0 Å². The molecular formula is C16H25N3O2. The van der Waals surface area contributed by atoms with Crippen molar-refractivity contribution in [3.8, 4) is 0 Å². The molecule has 0 unspecified atom stereocenters. The second-order valence-corrected chi connectivity index (χ2v) is 5.56. The number of carbonyl (C=O) groups excluding carboxylic acids is 1. The number of aromatic nitrogens is 1. The average molecular weight is 291 g/mol. The molecule has 1 atom stereocenters. The van der Waals surface area contributed by atoms with Gasteiger partial charge in [-0.05, 0) is 44.2 Å². The summed E-state index contributed by atoms with van der Waals surface area (Å²) in [4.78, 5) is 18.4. The summed E-state index contributed by atoms with van der Waals surface area (Å²) in [5.41, 5.74) is 1.79. The van der Waals surface area contributed by atoms with E-state index >= 15 is 0 Å². The number of carbonyl (C=O) groups is 1. The van der Waals surface area contributed by atoms with Crippen molar-refractivity contribution < 1.29 is 9.53 Å². The maximum atomic E-state index is 12.5. The van der Waals surface area contributed by atoms with Gasteiger partial charge in [0, 0.05) is 37.8 Å². The Hall–Kier alpha value is -1.62.